The summed E-state index contributed by atoms with van der Waals surface area (Å²) >= 11 is 0. The summed E-state index contributed by atoms with van der Waals surface area (Å²) in [7, 11) is -4.29. The molecule has 1 aromatic rings. The second-order valence-corrected chi connectivity index (χ2v) is 10.2. The van der Waals surface area contributed by atoms with Gasteiger partial charge in [0, 0.05) is 0 Å². The fourth-order valence-corrected chi connectivity index (χ4v) is 5.18. The maximum atomic E-state index is 15.2. The first-order chi connectivity index (χ1) is 13.7. The number of benzene rings is 1. The predicted molar refractivity (Wildman–Crippen MR) is 102 cm³/mol. The molecule has 0 saturated carbocycles. The molecule has 1 fully saturated rings. The third-order valence-corrected chi connectivity index (χ3v) is 7.36. The summed E-state index contributed by atoms with van der Waals surface area (Å²) in [5, 5.41) is 10.2. The van der Waals surface area contributed by atoms with Gasteiger partial charge in [-0.05, 0) is 48.8 Å². The summed E-state index contributed by atoms with van der Waals surface area (Å²) in [4.78, 5) is 11.5. The van der Waals surface area contributed by atoms with Crippen LogP contribution in [0.2, 0.25) is 0 Å². The molecule has 0 spiro atoms. The second-order valence-electron chi connectivity index (χ2n) is 8.62. The zero-order valence-corrected chi connectivity index (χ0v) is 17.5. The summed E-state index contributed by atoms with van der Waals surface area (Å²) in [5.74, 6) is -2.37. The number of aryl methyl sites for hydroxylation is 1. The number of anilines is 1. The molecule has 1 aliphatic heterocycles. The van der Waals surface area contributed by atoms with Gasteiger partial charge in [0.05, 0.1) is 5.41 Å². The number of carbonyl (C=O) groups excluding carboxylic acids is 1. The molecular formula is C19H24F4N2O4S. The quantitative estimate of drug-likeness (QED) is 0.669. The molecule has 1 heterocycles. The molecule has 168 valence electrons. The molecule has 11 heteroatoms. The lowest BCUT2D eigenvalue weighted by Crippen LogP contribution is -2.32. The highest BCUT2D eigenvalue weighted by molar-refractivity contribution is 7.92. The van der Waals surface area contributed by atoms with Crippen LogP contribution in [0.15, 0.2) is 6.07 Å². The molecule has 2 N–H and O–H groups in total. The molecule has 30 heavy (non-hydrogen) atoms. The molecule has 1 atom stereocenters. The maximum Gasteiger partial charge on any atom is 0.393 e. The highest BCUT2D eigenvalue weighted by Crippen LogP contribution is 2.44. The molecular weight excluding hydrogens is 428 g/mol. The van der Waals surface area contributed by atoms with E-state index in [2.05, 4.69) is 0 Å². The van der Waals surface area contributed by atoms with Crippen molar-refractivity contribution >= 4 is 21.8 Å². The Kier molecular flexibility index (Phi) is 5.72. The lowest BCUT2D eigenvalue weighted by molar-refractivity contribution is -0.214. The average Bonchev–Trinajstić information content (AvgIpc) is 2.86. The van der Waals surface area contributed by atoms with Crippen LogP contribution in [0.3, 0.4) is 0 Å². The molecule has 0 radical (unpaired) electrons. The molecule has 0 aromatic heterocycles. The maximum absolute atomic E-state index is 15.2. The van der Waals surface area contributed by atoms with E-state index in [0.29, 0.717) is 35.6 Å². The van der Waals surface area contributed by atoms with E-state index in [1.54, 1.807) is 4.72 Å². The molecule has 0 unspecified atom stereocenters. The van der Waals surface area contributed by atoms with Crippen LogP contribution in [0.4, 0.5) is 23.2 Å². The first-order valence-electron chi connectivity index (χ1n) is 9.66. The van der Waals surface area contributed by atoms with Gasteiger partial charge in [0.15, 0.2) is 5.82 Å². The number of nitrogens with zero attached hydrogens (tertiary/aromatic N) is 1. The Hall–Kier alpha value is -2.04. The van der Waals surface area contributed by atoms with Gasteiger partial charge < -0.3 is 5.11 Å². The lowest BCUT2D eigenvalue weighted by Gasteiger charge is -2.30. The van der Waals surface area contributed by atoms with Gasteiger partial charge in [0.2, 0.25) is 0 Å². The van der Waals surface area contributed by atoms with Gasteiger partial charge in [-0.2, -0.15) is 21.6 Å². The predicted octanol–water partition coefficient (Wildman–Crippen LogP) is 3.58. The van der Waals surface area contributed by atoms with Crippen LogP contribution in [0, 0.1) is 17.2 Å². The van der Waals surface area contributed by atoms with Crippen LogP contribution in [0.25, 0.3) is 0 Å². The highest BCUT2D eigenvalue weighted by Gasteiger charge is 2.46. The van der Waals surface area contributed by atoms with Crippen molar-refractivity contribution in [2.24, 2.45) is 11.3 Å². The largest absolute Gasteiger partial charge is 0.506 e. The molecule has 1 saturated heterocycles. The van der Waals surface area contributed by atoms with Crippen LogP contribution >= 0.6 is 0 Å². The standard InChI is InChI=1S/C19H24F4N2O4S/c1-18(2,19(21,22)23)7-3-4-11-5-6-12-9-14(26)17(16(20)13(12)8-11)25-10-15(27)24-30(25,28)29/h9,11,26H,3-8,10H2,1-2H3,(H,24,27)/t11-/m0/s1. The topological polar surface area (TPSA) is 86.7 Å². The average molecular weight is 452 g/mol. The Labute approximate surface area is 172 Å². The number of hydrogen-bond donors (Lipinski definition) is 2. The van der Waals surface area contributed by atoms with Gasteiger partial charge in [-0.3, -0.25) is 4.79 Å². The number of nitrogens with one attached hydrogen (secondary N) is 1. The third-order valence-electron chi connectivity index (χ3n) is 5.98. The normalized spacial score (nSPS) is 21.5. The Morgan fingerprint density at radius 3 is 2.53 bits per heavy atom. The van der Waals surface area contributed by atoms with E-state index in [-0.39, 0.29) is 24.3 Å². The fraction of sp³-hybridized carbons (Fsp3) is 0.632. The summed E-state index contributed by atoms with van der Waals surface area (Å²) in [5.41, 5.74) is -1.60. The van der Waals surface area contributed by atoms with Gasteiger partial charge in [-0.25, -0.2) is 13.4 Å². The molecule has 1 aliphatic carbocycles. The van der Waals surface area contributed by atoms with Gasteiger partial charge in [-0.15, -0.1) is 0 Å². The molecule has 2 aliphatic rings. The first kappa shape index (κ1) is 22.6. The SMILES string of the molecule is CC(C)(CCC[C@H]1CCc2cc(O)c(N3CC(=O)NS3(=O)=O)c(F)c2C1)C(F)(F)F. The monoisotopic (exact) mass is 452 g/mol. The Balaban J connectivity index is 1.78. The minimum atomic E-state index is -4.29. The van der Waals surface area contributed by atoms with Crippen LogP contribution in [-0.4, -0.2) is 32.2 Å². The van der Waals surface area contributed by atoms with Crippen molar-refractivity contribution in [1.29, 1.82) is 0 Å². The summed E-state index contributed by atoms with van der Waals surface area (Å²) in [6.45, 7) is 1.68. The summed E-state index contributed by atoms with van der Waals surface area (Å²) < 4.78 is 80.6. The molecule has 1 aromatic carbocycles. The van der Waals surface area contributed by atoms with E-state index in [1.807, 2.05) is 0 Å². The number of rotatable bonds is 5. The van der Waals surface area contributed by atoms with E-state index < -0.39 is 51.5 Å². The second kappa shape index (κ2) is 7.58. The van der Waals surface area contributed by atoms with Crippen molar-refractivity contribution < 1.29 is 35.9 Å². The number of alkyl halides is 3. The van der Waals surface area contributed by atoms with Crippen molar-refractivity contribution in [2.75, 3.05) is 10.8 Å². The summed E-state index contributed by atoms with van der Waals surface area (Å²) in [6.07, 6.45) is -2.22. The third kappa shape index (κ3) is 4.21. The lowest BCUT2D eigenvalue weighted by atomic mass is 9.78. The Morgan fingerprint density at radius 1 is 1.30 bits per heavy atom. The number of phenolic OH excluding ortho intramolecular Hbond substituents is 1. The van der Waals surface area contributed by atoms with Crippen molar-refractivity contribution in [1.82, 2.24) is 4.72 Å². The summed E-state index contributed by atoms with van der Waals surface area (Å²) in [6, 6.07) is 1.30. The van der Waals surface area contributed by atoms with Crippen molar-refractivity contribution in [3.63, 3.8) is 0 Å². The van der Waals surface area contributed by atoms with Crippen molar-refractivity contribution in [3.8, 4) is 5.75 Å². The van der Waals surface area contributed by atoms with Crippen molar-refractivity contribution in [3.05, 3.63) is 23.0 Å². The van der Waals surface area contributed by atoms with Crippen molar-refractivity contribution in [2.45, 2.75) is 58.5 Å². The zero-order valence-electron chi connectivity index (χ0n) is 16.6. The van der Waals surface area contributed by atoms with Crippen LogP contribution < -0.4 is 9.03 Å². The van der Waals surface area contributed by atoms with Crippen LogP contribution in [0.5, 0.6) is 5.75 Å². The highest BCUT2D eigenvalue weighted by atomic mass is 32.2. The van der Waals surface area contributed by atoms with Crippen LogP contribution in [-0.2, 0) is 27.8 Å². The number of amides is 1. The molecule has 1 amide bonds. The van der Waals surface area contributed by atoms with E-state index in [9.17, 15) is 31.5 Å². The number of aromatic hydroxyl groups is 1. The number of carbonyl (C=O) groups is 1. The smallest absolute Gasteiger partial charge is 0.393 e. The van der Waals surface area contributed by atoms with Gasteiger partial charge in [0.1, 0.15) is 18.0 Å². The zero-order chi connectivity index (χ0) is 22.5. The minimum Gasteiger partial charge on any atom is -0.506 e. The van der Waals surface area contributed by atoms with Gasteiger partial charge in [-0.1, -0.05) is 26.7 Å². The first-order valence-corrected chi connectivity index (χ1v) is 11.1. The van der Waals surface area contributed by atoms with Gasteiger partial charge >= 0.3 is 16.4 Å². The Bertz CT molecular complexity index is 960. The van der Waals surface area contributed by atoms with E-state index >= 15 is 4.39 Å². The van der Waals surface area contributed by atoms with E-state index in [4.69, 9.17) is 0 Å². The van der Waals surface area contributed by atoms with Crippen LogP contribution in [0.1, 0.15) is 50.7 Å². The fourth-order valence-electron chi connectivity index (χ4n) is 4.01. The Morgan fingerprint density at radius 2 is 1.97 bits per heavy atom. The number of fused-ring (bicyclic) bond motifs is 1. The number of phenols is 1. The number of halogens is 4. The minimum absolute atomic E-state index is 0.0387. The molecule has 6 nitrogen and oxygen atoms in total. The van der Waals surface area contributed by atoms with E-state index in [0.717, 1.165) is 13.8 Å². The number of hydrogen-bond acceptors (Lipinski definition) is 4. The molecule has 3 rings (SSSR count). The van der Waals surface area contributed by atoms with Gasteiger partial charge in [0.25, 0.3) is 5.91 Å². The molecule has 0 bridgehead atoms. The van der Waals surface area contributed by atoms with E-state index in [1.165, 1.54) is 6.07 Å².